The van der Waals surface area contributed by atoms with Crippen molar-refractivity contribution < 1.29 is 9.53 Å². The van der Waals surface area contributed by atoms with Gasteiger partial charge in [-0.2, -0.15) is 5.26 Å². The number of rotatable bonds is 7. The highest BCUT2D eigenvalue weighted by molar-refractivity contribution is 5.76. The molecule has 4 heteroatoms. The summed E-state index contributed by atoms with van der Waals surface area (Å²) in [6.07, 6.45) is 0.807. The standard InChI is InChI=1S/C10H18N2O2/c1-3-12(8-5-7-11)10(13)6-9-14-4-2/h3-6,8-9H2,1-2H3. The van der Waals surface area contributed by atoms with Crippen LogP contribution in [-0.4, -0.2) is 37.1 Å². The van der Waals surface area contributed by atoms with E-state index in [1.807, 2.05) is 19.9 Å². The van der Waals surface area contributed by atoms with Gasteiger partial charge in [0.25, 0.3) is 0 Å². The molecule has 0 bridgehead atoms. The molecule has 0 atom stereocenters. The quantitative estimate of drug-likeness (QED) is 0.577. The SMILES string of the molecule is CCOCCC(=O)N(CC)CCC#N. The van der Waals surface area contributed by atoms with E-state index in [-0.39, 0.29) is 5.91 Å². The Balaban J connectivity index is 3.74. The van der Waals surface area contributed by atoms with Gasteiger partial charge >= 0.3 is 0 Å². The smallest absolute Gasteiger partial charge is 0.224 e. The van der Waals surface area contributed by atoms with Crippen molar-refractivity contribution in [2.45, 2.75) is 26.7 Å². The first-order valence-electron chi connectivity index (χ1n) is 4.98. The second-order valence-electron chi connectivity index (χ2n) is 2.83. The minimum atomic E-state index is 0.0659. The second-order valence-corrected chi connectivity index (χ2v) is 2.83. The van der Waals surface area contributed by atoms with Gasteiger partial charge in [-0.05, 0) is 13.8 Å². The van der Waals surface area contributed by atoms with Crippen LogP contribution in [0.3, 0.4) is 0 Å². The molecule has 14 heavy (non-hydrogen) atoms. The molecule has 0 aliphatic heterocycles. The Kier molecular flexibility index (Phi) is 7.86. The van der Waals surface area contributed by atoms with Gasteiger partial charge in [-0.1, -0.05) is 0 Å². The lowest BCUT2D eigenvalue weighted by Gasteiger charge is -2.19. The summed E-state index contributed by atoms with van der Waals surface area (Å²) in [6.45, 7) is 6.11. The summed E-state index contributed by atoms with van der Waals surface area (Å²) in [5, 5.41) is 8.39. The number of carbonyl (C=O) groups excluding carboxylic acids is 1. The number of hydrogen-bond donors (Lipinski definition) is 0. The van der Waals surface area contributed by atoms with Gasteiger partial charge in [-0.3, -0.25) is 4.79 Å². The van der Waals surface area contributed by atoms with E-state index in [1.54, 1.807) is 4.90 Å². The molecule has 0 rings (SSSR count). The third-order valence-electron chi connectivity index (χ3n) is 1.89. The van der Waals surface area contributed by atoms with Gasteiger partial charge in [-0.25, -0.2) is 0 Å². The molecule has 0 saturated carbocycles. The van der Waals surface area contributed by atoms with Crippen molar-refractivity contribution in [2.75, 3.05) is 26.3 Å². The molecule has 0 fully saturated rings. The van der Waals surface area contributed by atoms with Crippen LogP contribution in [-0.2, 0) is 9.53 Å². The molecule has 0 saturated heterocycles. The molecule has 0 aliphatic carbocycles. The van der Waals surface area contributed by atoms with Crippen molar-refractivity contribution >= 4 is 5.91 Å². The highest BCUT2D eigenvalue weighted by atomic mass is 16.5. The first kappa shape index (κ1) is 12.9. The molecule has 0 heterocycles. The van der Waals surface area contributed by atoms with Crippen LogP contribution in [0.15, 0.2) is 0 Å². The van der Waals surface area contributed by atoms with Crippen LogP contribution < -0.4 is 0 Å². The molecule has 80 valence electrons. The van der Waals surface area contributed by atoms with Crippen LogP contribution in [0.4, 0.5) is 0 Å². The van der Waals surface area contributed by atoms with Crippen molar-refractivity contribution in [3.8, 4) is 6.07 Å². The van der Waals surface area contributed by atoms with Gasteiger partial charge in [-0.15, -0.1) is 0 Å². The van der Waals surface area contributed by atoms with Crippen molar-refractivity contribution in [2.24, 2.45) is 0 Å². The third kappa shape index (κ3) is 5.55. The fourth-order valence-electron chi connectivity index (χ4n) is 1.11. The molecular weight excluding hydrogens is 180 g/mol. The zero-order valence-corrected chi connectivity index (χ0v) is 8.95. The summed E-state index contributed by atoms with van der Waals surface area (Å²) in [6, 6.07) is 2.03. The monoisotopic (exact) mass is 198 g/mol. The summed E-state index contributed by atoms with van der Waals surface area (Å²) in [4.78, 5) is 13.2. The molecule has 1 amide bonds. The van der Waals surface area contributed by atoms with E-state index in [0.29, 0.717) is 39.1 Å². The van der Waals surface area contributed by atoms with Gasteiger partial charge in [0.15, 0.2) is 0 Å². The lowest BCUT2D eigenvalue weighted by molar-refractivity contribution is -0.132. The predicted molar refractivity (Wildman–Crippen MR) is 53.6 cm³/mol. The molecule has 0 aromatic carbocycles. The summed E-state index contributed by atoms with van der Waals surface area (Å²) in [5.41, 5.74) is 0. The number of nitriles is 1. The largest absolute Gasteiger partial charge is 0.381 e. The maximum absolute atomic E-state index is 11.5. The lowest BCUT2D eigenvalue weighted by atomic mass is 10.3. The van der Waals surface area contributed by atoms with Crippen LogP contribution in [0, 0.1) is 11.3 Å². The third-order valence-corrected chi connectivity index (χ3v) is 1.89. The van der Waals surface area contributed by atoms with Crippen LogP contribution in [0.1, 0.15) is 26.7 Å². The van der Waals surface area contributed by atoms with E-state index in [4.69, 9.17) is 10.00 Å². The summed E-state index contributed by atoms with van der Waals surface area (Å²) >= 11 is 0. The average Bonchev–Trinajstić information content (AvgIpc) is 2.19. The highest BCUT2D eigenvalue weighted by Crippen LogP contribution is 1.96. The Labute approximate surface area is 85.5 Å². The average molecular weight is 198 g/mol. The van der Waals surface area contributed by atoms with Crippen molar-refractivity contribution in [1.82, 2.24) is 4.90 Å². The van der Waals surface area contributed by atoms with E-state index in [1.165, 1.54) is 0 Å². The van der Waals surface area contributed by atoms with E-state index in [2.05, 4.69) is 0 Å². The Morgan fingerprint density at radius 2 is 2.21 bits per heavy atom. The summed E-state index contributed by atoms with van der Waals surface area (Å²) < 4.78 is 5.09. The molecule has 0 radical (unpaired) electrons. The maximum atomic E-state index is 11.5. The van der Waals surface area contributed by atoms with Crippen LogP contribution in [0.25, 0.3) is 0 Å². The van der Waals surface area contributed by atoms with Crippen molar-refractivity contribution in [1.29, 1.82) is 5.26 Å². The van der Waals surface area contributed by atoms with Gasteiger partial charge < -0.3 is 9.64 Å². The molecule has 0 aromatic rings. The van der Waals surface area contributed by atoms with Gasteiger partial charge in [0.2, 0.25) is 5.91 Å². The molecular formula is C10H18N2O2. The van der Waals surface area contributed by atoms with E-state index in [0.717, 1.165) is 0 Å². The van der Waals surface area contributed by atoms with Crippen molar-refractivity contribution in [3.63, 3.8) is 0 Å². The van der Waals surface area contributed by atoms with Gasteiger partial charge in [0, 0.05) is 19.7 Å². The van der Waals surface area contributed by atoms with Crippen LogP contribution in [0.5, 0.6) is 0 Å². The number of carbonyl (C=O) groups is 1. The fourth-order valence-corrected chi connectivity index (χ4v) is 1.11. The summed E-state index contributed by atoms with van der Waals surface area (Å²) in [7, 11) is 0. The number of ether oxygens (including phenoxy) is 1. The zero-order chi connectivity index (χ0) is 10.8. The maximum Gasteiger partial charge on any atom is 0.224 e. The zero-order valence-electron chi connectivity index (χ0n) is 8.95. The Morgan fingerprint density at radius 3 is 2.71 bits per heavy atom. The molecule has 0 aromatic heterocycles. The molecule has 4 nitrogen and oxygen atoms in total. The first-order chi connectivity index (χ1) is 6.76. The molecule has 0 unspecified atom stereocenters. The van der Waals surface area contributed by atoms with Crippen LogP contribution in [0.2, 0.25) is 0 Å². The number of nitrogens with zero attached hydrogens (tertiary/aromatic N) is 2. The highest BCUT2D eigenvalue weighted by Gasteiger charge is 2.10. The molecule has 0 aliphatic rings. The number of amides is 1. The normalized spacial score (nSPS) is 9.50. The van der Waals surface area contributed by atoms with Gasteiger partial charge in [0.1, 0.15) is 0 Å². The molecule has 0 spiro atoms. The fraction of sp³-hybridized carbons (Fsp3) is 0.800. The van der Waals surface area contributed by atoms with E-state index < -0.39 is 0 Å². The van der Waals surface area contributed by atoms with E-state index in [9.17, 15) is 4.79 Å². The van der Waals surface area contributed by atoms with Crippen molar-refractivity contribution in [3.05, 3.63) is 0 Å². The van der Waals surface area contributed by atoms with Gasteiger partial charge in [0.05, 0.1) is 25.5 Å². The van der Waals surface area contributed by atoms with Crippen LogP contribution >= 0.6 is 0 Å². The summed E-state index contributed by atoms with van der Waals surface area (Å²) in [5.74, 6) is 0.0659. The topological polar surface area (TPSA) is 53.3 Å². The Hall–Kier alpha value is -1.08. The lowest BCUT2D eigenvalue weighted by Crippen LogP contribution is -2.32. The number of hydrogen-bond acceptors (Lipinski definition) is 3. The molecule has 0 N–H and O–H groups in total. The first-order valence-corrected chi connectivity index (χ1v) is 4.98. The minimum absolute atomic E-state index is 0.0659. The minimum Gasteiger partial charge on any atom is -0.381 e. The Morgan fingerprint density at radius 1 is 1.50 bits per heavy atom. The second kappa shape index (κ2) is 8.52. The predicted octanol–water partition coefficient (Wildman–Crippen LogP) is 1.18. The Bertz CT molecular complexity index is 199. The van der Waals surface area contributed by atoms with E-state index >= 15 is 0 Å².